The maximum atomic E-state index is 12.3. The summed E-state index contributed by atoms with van der Waals surface area (Å²) in [7, 11) is 0. The summed E-state index contributed by atoms with van der Waals surface area (Å²) in [5.41, 5.74) is 1.28. The van der Waals surface area contributed by atoms with Crippen molar-refractivity contribution in [2.45, 2.75) is 32.4 Å². The summed E-state index contributed by atoms with van der Waals surface area (Å²) < 4.78 is 6.96. The van der Waals surface area contributed by atoms with E-state index in [0.717, 1.165) is 6.42 Å². The number of ether oxygens (including phenoxy) is 1. The van der Waals surface area contributed by atoms with Gasteiger partial charge in [0, 0.05) is 10.7 Å². The van der Waals surface area contributed by atoms with E-state index in [1.807, 2.05) is 37.3 Å². The smallest absolute Gasteiger partial charge is 0.260 e. The highest BCUT2D eigenvalue weighted by Gasteiger charge is 2.17. The lowest BCUT2D eigenvalue weighted by molar-refractivity contribution is -0.127. The quantitative estimate of drug-likeness (QED) is 0.722. The third-order valence-electron chi connectivity index (χ3n) is 3.90. The summed E-state index contributed by atoms with van der Waals surface area (Å²) in [5.74, 6) is 0.613. The number of rotatable bonds is 6. The molecule has 0 spiro atoms. The van der Waals surface area contributed by atoms with Crippen LogP contribution in [-0.2, 0) is 11.2 Å². The first-order valence-corrected chi connectivity index (χ1v) is 8.98. The van der Waals surface area contributed by atoms with Crippen molar-refractivity contribution in [3.8, 4) is 5.75 Å². The molecule has 0 radical (unpaired) electrons. The summed E-state index contributed by atoms with van der Waals surface area (Å²) in [6.45, 7) is 3.80. The molecule has 1 amide bonds. The number of carbonyl (C=O) groups is 1. The van der Waals surface area contributed by atoms with Gasteiger partial charge < -0.3 is 10.1 Å². The van der Waals surface area contributed by atoms with Crippen molar-refractivity contribution in [1.82, 2.24) is 5.32 Å². The summed E-state index contributed by atoms with van der Waals surface area (Å²) in [4.78, 5) is 12.3. The van der Waals surface area contributed by atoms with Crippen molar-refractivity contribution in [2.75, 3.05) is 0 Å². The standard InChI is InChI=1S/C20H21NO2S/c1-14(12-16-13-24-19-11-7-6-10-18(16)19)21-20(22)15(2)23-17-8-4-3-5-9-17/h3-11,13-15H,12H2,1-2H3,(H,21,22). The Morgan fingerprint density at radius 1 is 1.08 bits per heavy atom. The first-order chi connectivity index (χ1) is 11.6. The first kappa shape index (κ1) is 16.5. The molecule has 124 valence electrons. The van der Waals surface area contributed by atoms with Crippen molar-refractivity contribution in [3.05, 3.63) is 65.5 Å². The largest absolute Gasteiger partial charge is 0.481 e. The van der Waals surface area contributed by atoms with E-state index in [2.05, 4.69) is 35.0 Å². The maximum Gasteiger partial charge on any atom is 0.260 e. The van der Waals surface area contributed by atoms with Crippen molar-refractivity contribution in [1.29, 1.82) is 0 Å². The molecule has 1 N–H and O–H groups in total. The van der Waals surface area contributed by atoms with Gasteiger partial charge in [-0.05, 0) is 54.8 Å². The van der Waals surface area contributed by atoms with E-state index >= 15 is 0 Å². The molecule has 2 aromatic carbocycles. The molecule has 0 saturated carbocycles. The monoisotopic (exact) mass is 339 g/mol. The van der Waals surface area contributed by atoms with E-state index < -0.39 is 6.10 Å². The normalized spacial score (nSPS) is 13.4. The molecule has 3 rings (SSSR count). The second-order valence-electron chi connectivity index (χ2n) is 5.94. The van der Waals surface area contributed by atoms with E-state index in [1.54, 1.807) is 18.3 Å². The molecule has 3 aromatic rings. The molecule has 0 aliphatic rings. The van der Waals surface area contributed by atoms with Gasteiger partial charge in [-0.25, -0.2) is 0 Å². The number of nitrogens with one attached hydrogen (secondary N) is 1. The van der Waals surface area contributed by atoms with Crippen LogP contribution in [0.4, 0.5) is 0 Å². The van der Waals surface area contributed by atoms with E-state index in [1.165, 1.54) is 15.6 Å². The molecule has 1 aromatic heterocycles. The lowest BCUT2D eigenvalue weighted by atomic mass is 10.1. The summed E-state index contributed by atoms with van der Waals surface area (Å²) >= 11 is 1.75. The molecule has 1 heterocycles. The average molecular weight is 339 g/mol. The van der Waals surface area contributed by atoms with Crippen molar-refractivity contribution >= 4 is 27.3 Å². The van der Waals surface area contributed by atoms with Crippen LogP contribution in [0.2, 0.25) is 0 Å². The number of carbonyl (C=O) groups excluding carboxylic acids is 1. The fourth-order valence-corrected chi connectivity index (χ4v) is 3.66. The second-order valence-corrected chi connectivity index (χ2v) is 6.86. The van der Waals surface area contributed by atoms with E-state index in [9.17, 15) is 4.79 Å². The SMILES string of the molecule is CC(Cc1csc2ccccc12)NC(=O)C(C)Oc1ccccc1. The third kappa shape index (κ3) is 3.95. The zero-order valence-electron chi connectivity index (χ0n) is 13.9. The van der Waals surface area contributed by atoms with E-state index in [-0.39, 0.29) is 11.9 Å². The molecule has 0 saturated heterocycles. The zero-order chi connectivity index (χ0) is 16.9. The van der Waals surface area contributed by atoms with Crippen molar-refractivity contribution in [2.24, 2.45) is 0 Å². The molecule has 0 bridgehead atoms. The third-order valence-corrected chi connectivity index (χ3v) is 4.91. The minimum Gasteiger partial charge on any atom is -0.481 e. The predicted molar refractivity (Wildman–Crippen MR) is 99.7 cm³/mol. The van der Waals surface area contributed by atoms with Crippen LogP contribution in [0.1, 0.15) is 19.4 Å². The van der Waals surface area contributed by atoms with Crippen LogP contribution in [0.25, 0.3) is 10.1 Å². The number of thiophene rings is 1. The minimum absolute atomic E-state index is 0.0531. The van der Waals surface area contributed by atoms with Crippen molar-refractivity contribution < 1.29 is 9.53 Å². The number of para-hydroxylation sites is 1. The Morgan fingerprint density at radius 3 is 2.58 bits per heavy atom. The minimum atomic E-state index is -0.519. The molecule has 0 aliphatic carbocycles. The number of amides is 1. The molecule has 2 unspecified atom stereocenters. The average Bonchev–Trinajstić information content (AvgIpc) is 2.99. The Labute approximate surface area is 146 Å². The number of hydrogen-bond donors (Lipinski definition) is 1. The lowest BCUT2D eigenvalue weighted by Crippen LogP contribution is -2.42. The van der Waals surface area contributed by atoms with Crippen LogP contribution >= 0.6 is 11.3 Å². The van der Waals surface area contributed by atoms with Crippen LogP contribution in [-0.4, -0.2) is 18.1 Å². The van der Waals surface area contributed by atoms with Crippen LogP contribution in [0.5, 0.6) is 5.75 Å². The highest BCUT2D eigenvalue weighted by atomic mass is 32.1. The van der Waals surface area contributed by atoms with Gasteiger partial charge in [0.15, 0.2) is 6.10 Å². The molecule has 24 heavy (non-hydrogen) atoms. The van der Waals surface area contributed by atoms with E-state index in [0.29, 0.717) is 5.75 Å². The molecule has 2 atom stereocenters. The molecule has 4 heteroatoms. The molecule has 0 fully saturated rings. The van der Waals surface area contributed by atoms with Crippen LogP contribution in [0.15, 0.2) is 60.0 Å². The van der Waals surface area contributed by atoms with Gasteiger partial charge in [-0.15, -0.1) is 11.3 Å². The fourth-order valence-electron chi connectivity index (χ4n) is 2.69. The van der Waals surface area contributed by atoms with Gasteiger partial charge in [-0.2, -0.15) is 0 Å². The van der Waals surface area contributed by atoms with Crippen LogP contribution in [0, 0.1) is 0 Å². The maximum absolute atomic E-state index is 12.3. The first-order valence-electron chi connectivity index (χ1n) is 8.10. The van der Waals surface area contributed by atoms with Gasteiger partial charge in [0.2, 0.25) is 0 Å². The number of fused-ring (bicyclic) bond motifs is 1. The number of hydrogen-bond acceptors (Lipinski definition) is 3. The van der Waals surface area contributed by atoms with Crippen molar-refractivity contribution in [3.63, 3.8) is 0 Å². The summed E-state index contributed by atoms with van der Waals surface area (Å²) in [6.07, 6.45) is 0.294. The van der Waals surface area contributed by atoms with Crippen LogP contribution < -0.4 is 10.1 Å². The highest BCUT2D eigenvalue weighted by molar-refractivity contribution is 7.17. The molecule has 0 aliphatic heterocycles. The highest BCUT2D eigenvalue weighted by Crippen LogP contribution is 2.26. The predicted octanol–water partition coefficient (Wildman–Crippen LogP) is 4.42. The number of benzene rings is 2. The fraction of sp³-hybridized carbons (Fsp3) is 0.250. The zero-order valence-corrected chi connectivity index (χ0v) is 14.7. The van der Waals surface area contributed by atoms with Gasteiger partial charge in [0.05, 0.1) is 0 Å². The van der Waals surface area contributed by atoms with Crippen LogP contribution in [0.3, 0.4) is 0 Å². The van der Waals surface area contributed by atoms with Gasteiger partial charge in [0.1, 0.15) is 5.75 Å². The Bertz CT molecular complexity index is 813. The topological polar surface area (TPSA) is 38.3 Å². The second kappa shape index (κ2) is 7.49. The Morgan fingerprint density at radius 2 is 1.79 bits per heavy atom. The Hall–Kier alpha value is -2.33. The van der Waals surface area contributed by atoms with E-state index in [4.69, 9.17) is 4.74 Å². The molecular formula is C20H21NO2S. The molecular weight excluding hydrogens is 318 g/mol. The van der Waals surface area contributed by atoms with Gasteiger partial charge in [-0.3, -0.25) is 4.79 Å². The summed E-state index contributed by atoms with van der Waals surface area (Å²) in [6, 6.07) is 17.8. The summed E-state index contributed by atoms with van der Waals surface area (Å²) in [5, 5.41) is 6.50. The molecule has 3 nitrogen and oxygen atoms in total. The van der Waals surface area contributed by atoms with Gasteiger partial charge >= 0.3 is 0 Å². The lowest BCUT2D eigenvalue weighted by Gasteiger charge is -2.18. The Kier molecular flexibility index (Phi) is 5.16. The Balaban J connectivity index is 1.58. The van der Waals surface area contributed by atoms with Gasteiger partial charge in [-0.1, -0.05) is 36.4 Å². The van der Waals surface area contributed by atoms with Gasteiger partial charge in [0.25, 0.3) is 5.91 Å².